The number of carboxylic acids is 1. The van der Waals surface area contributed by atoms with Crippen molar-refractivity contribution in [1.82, 2.24) is 5.32 Å². The van der Waals surface area contributed by atoms with Gasteiger partial charge in [0, 0.05) is 11.1 Å². The molecule has 0 spiro atoms. The molecule has 1 aromatic carbocycles. The summed E-state index contributed by atoms with van der Waals surface area (Å²) in [5, 5.41) is 14.4. The smallest absolute Gasteiger partial charge is 0.319 e. The molecule has 0 saturated heterocycles. The van der Waals surface area contributed by atoms with E-state index in [2.05, 4.69) is 10.6 Å². The molecule has 5 nitrogen and oxygen atoms in total. The van der Waals surface area contributed by atoms with Crippen LogP contribution in [0.3, 0.4) is 0 Å². The second kappa shape index (κ2) is 6.76. The van der Waals surface area contributed by atoms with Gasteiger partial charge in [0.05, 0.1) is 11.6 Å². The second-order valence-electron chi connectivity index (χ2n) is 5.12. The number of halogens is 2. The summed E-state index contributed by atoms with van der Waals surface area (Å²) in [5.74, 6) is -1.86. The molecule has 1 saturated carbocycles. The van der Waals surface area contributed by atoms with Crippen molar-refractivity contribution in [3.8, 4) is 0 Å². The van der Waals surface area contributed by atoms with Gasteiger partial charge < -0.3 is 15.7 Å². The van der Waals surface area contributed by atoms with Crippen LogP contribution in [-0.2, 0) is 4.79 Å². The van der Waals surface area contributed by atoms with Crippen LogP contribution in [-0.4, -0.2) is 23.1 Å². The Morgan fingerprint density at radius 1 is 1.33 bits per heavy atom. The van der Waals surface area contributed by atoms with Gasteiger partial charge in [-0.15, -0.1) is 0 Å². The standard InChI is InChI=1S/C14H16ClFN2O3/c15-9-4-5-11(16)12(7-9)18-14(21)17-10-3-1-2-8(6-10)13(19)20/h4-5,7-8,10H,1-3,6H2,(H,19,20)(H2,17,18,21). The van der Waals surface area contributed by atoms with Crippen molar-refractivity contribution in [2.24, 2.45) is 5.92 Å². The van der Waals surface area contributed by atoms with Crippen molar-refractivity contribution in [1.29, 1.82) is 0 Å². The van der Waals surface area contributed by atoms with Crippen LogP contribution in [0.15, 0.2) is 18.2 Å². The number of amides is 2. The summed E-state index contributed by atoms with van der Waals surface area (Å²) in [6.45, 7) is 0. The molecular weight excluding hydrogens is 299 g/mol. The molecule has 1 aliphatic rings. The van der Waals surface area contributed by atoms with E-state index in [0.717, 1.165) is 12.8 Å². The number of rotatable bonds is 3. The average Bonchev–Trinajstić information content (AvgIpc) is 2.43. The Balaban J connectivity index is 1.92. The molecule has 7 heteroatoms. The van der Waals surface area contributed by atoms with Gasteiger partial charge in [-0.1, -0.05) is 18.0 Å². The van der Waals surface area contributed by atoms with E-state index in [1.807, 2.05) is 0 Å². The van der Waals surface area contributed by atoms with Crippen LogP contribution in [0.25, 0.3) is 0 Å². The Hall–Kier alpha value is -1.82. The fourth-order valence-electron chi connectivity index (χ4n) is 2.48. The lowest BCUT2D eigenvalue weighted by Crippen LogP contribution is -2.42. The maximum atomic E-state index is 13.5. The van der Waals surface area contributed by atoms with Gasteiger partial charge in [-0.3, -0.25) is 4.79 Å². The van der Waals surface area contributed by atoms with Gasteiger partial charge in [0.15, 0.2) is 0 Å². The molecule has 1 fully saturated rings. The molecule has 2 atom stereocenters. The van der Waals surface area contributed by atoms with Crippen LogP contribution >= 0.6 is 11.6 Å². The quantitative estimate of drug-likeness (QED) is 0.801. The van der Waals surface area contributed by atoms with Crippen LogP contribution < -0.4 is 10.6 Å². The minimum atomic E-state index is -0.845. The van der Waals surface area contributed by atoms with E-state index in [1.54, 1.807) is 0 Å². The highest BCUT2D eigenvalue weighted by Gasteiger charge is 2.27. The zero-order valence-corrected chi connectivity index (χ0v) is 12.0. The van der Waals surface area contributed by atoms with Crippen molar-refractivity contribution >= 4 is 29.3 Å². The van der Waals surface area contributed by atoms with E-state index >= 15 is 0 Å². The number of hydrogen-bond donors (Lipinski definition) is 3. The Bertz CT molecular complexity index is 553. The zero-order chi connectivity index (χ0) is 15.4. The maximum Gasteiger partial charge on any atom is 0.319 e. The number of nitrogens with one attached hydrogen (secondary N) is 2. The van der Waals surface area contributed by atoms with E-state index in [0.29, 0.717) is 17.9 Å². The maximum absolute atomic E-state index is 13.5. The number of carbonyl (C=O) groups excluding carboxylic acids is 1. The molecule has 0 aliphatic heterocycles. The first-order chi connectivity index (χ1) is 9.95. The van der Waals surface area contributed by atoms with Gasteiger partial charge in [-0.25, -0.2) is 9.18 Å². The van der Waals surface area contributed by atoms with Gasteiger partial charge in [-0.05, 0) is 37.5 Å². The van der Waals surface area contributed by atoms with E-state index < -0.39 is 23.7 Å². The summed E-state index contributed by atoms with van der Waals surface area (Å²) in [4.78, 5) is 22.8. The third-order valence-electron chi connectivity index (χ3n) is 3.54. The third-order valence-corrected chi connectivity index (χ3v) is 3.77. The summed E-state index contributed by atoms with van der Waals surface area (Å²) < 4.78 is 13.5. The molecule has 1 aromatic rings. The van der Waals surface area contributed by atoms with Crippen LogP contribution in [0.4, 0.5) is 14.9 Å². The van der Waals surface area contributed by atoms with Crippen molar-refractivity contribution in [3.05, 3.63) is 29.0 Å². The molecule has 2 amide bonds. The first-order valence-corrected chi connectivity index (χ1v) is 7.09. The Morgan fingerprint density at radius 2 is 2.10 bits per heavy atom. The summed E-state index contributed by atoms with van der Waals surface area (Å²) in [5.41, 5.74) is -0.00871. The summed E-state index contributed by atoms with van der Waals surface area (Å²) in [6, 6.07) is 3.09. The molecule has 0 bridgehead atoms. The van der Waals surface area contributed by atoms with Gasteiger partial charge in [0.2, 0.25) is 0 Å². The number of benzene rings is 1. The van der Waals surface area contributed by atoms with Gasteiger partial charge in [-0.2, -0.15) is 0 Å². The first-order valence-electron chi connectivity index (χ1n) is 6.71. The molecule has 2 rings (SSSR count). The van der Waals surface area contributed by atoms with Crippen molar-refractivity contribution < 1.29 is 19.1 Å². The highest BCUT2D eigenvalue weighted by molar-refractivity contribution is 6.30. The molecule has 1 aliphatic carbocycles. The number of carbonyl (C=O) groups is 2. The van der Waals surface area contributed by atoms with Crippen LogP contribution in [0.1, 0.15) is 25.7 Å². The van der Waals surface area contributed by atoms with Crippen LogP contribution in [0.2, 0.25) is 5.02 Å². The lowest BCUT2D eigenvalue weighted by Gasteiger charge is -2.27. The lowest BCUT2D eigenvalue weighted by molar-refractivity contribution is -0.143. The minimum absolute atomic E-state index is 0.00871. The highest BCUT2D eigenvalue weighted by Crippen LogP contribution is 2.25. The predicted octanol–water partition coefficient (Wildman–Crippen LogP) is 3.24. The summed E-state index contributed by atoms with van der Waals surface area (Å²) in [6.07, 6.45) is 2.47. The van der Waals surface area contributed by atoms with Crippen molar-refractivity contribution in [3.63, 3.8) is 0 Å². The molecule has 2 unspecified atom stereocenters. The van der Waals surface area contributed by atoms with Crippen molar-refractivity contribution in [2.45, 2.75) is 31.7 Å². The molecule has 0 aromatic heterocycles. The SMILES string of the molecule is O=C(Nc1cc(Cl)ccc1F)NC1CCCC(C(=O)O)C1. The molecule has 0 heterocycles. The molecule has 0 radical (unpaired) electrons. The van der Waals surface area contributed by atoms with E-state index in [1.165, 1.54) is 18.2 Å². The Kier molecular flexibility index (Phi) is 5.01. The van der Waals surface area contributed by atoms with Gasteiger partial charge >= 0.3 is 12.0 Å². The number of anilines is 1. The molecule has 21 heavy (non-hydrogen) atoms. The van der Waals surface area contributed by atoms with Gasteiger partial charge in [0.1, 0.15) is 5.82 Å². The van der Waals surface area contributed by atoms with Crippen molar-refractivity contribution in [2.75, 3.05) is 5.32 Å². The Morgan fingerprint density at radius 3 is 2.81 bits per heavy atom. The minimum Gasteiger partial charge on any atom is -0.481 e. The largest absolute Gasteiger partial charge is 0.481 e. The zero-order valence-electron chi connectivity index (χ0n) is 11.2. The van der Waals surface area contributed by atoms with Gasteiger partial charge in [0.25, 0.3) is 0 Å². The lowest BCUT2D eigenvalue weighted by atomic mass is 9.86. The number of aliphatic carboxylic acids is 1. The number of hydrogen-bond acceptors (Lipinski definition) is 2. The topological polar surface area (TPSA) is 78.4 Å². The number of carboxylic acid groups (broad SMARTS) is 1. The fourth-order valence-corrected chi connectivity index (χ4v) is 2.65. The summed E-state index contributed by atoms with van der Waals surface area (Å²) >= 11 is 5.74. The third kappa shape index (κ3) is 4.32. The normalized spacial score (nSPS) is 21.6. The highest BCUT2D eigenvalue weighted by atomic mass is 35.5. The number of urea groups is 1. The van der Waals surface area contributed by atoms with E-state index in [4.69, 9.17) is 16.7 Å². The molecule has 3 N–H and O–H groups in total. The average molecular weight is 315 g/mol. The van der Waals surface area contributed by atoms with Crippen LogP contribution in [0, 0.1) is 11.7 Å². The molecule has 114 valence electrons. The van der Waals surface area contributed by atoms with Crippen LogP contribution in [0.5, 0.6) is 0 Å². The second-order valence-corrected chi connectivity index (χ2v) is 5.56. The first kappa shape index (κ1) is 15.6. The monoisotopic (exact) mass is 314 g/mol. The predicted molar refractivity (Wildman–Crippen MR) is 76.9 cm³/mol. The Labute approximate surface area is 126 Å². The van der Waals surface area contributed by atoms with E-state index in [9.17, 15) is 14.0 Å². The molecular formula is C14H16ClFN2O3. The summed E-state index contributed by atoms with van der Waals surface area (Å²) in [7, 11) is 0. The van der Waals surface area contributed by atoms with E-state index in [-0.39, 0.29) is 11.7 Å². The fraction of sp³-hybridized carbons (Fsp3) is 0.429.